The van der Waals surface area contributed by atoms with Crippen LogP contribution < -0.4 is 10.0 Å². The molecule has 0 aliphatic rings. The van der Waals surface area contributed by atoms with Gasteiger partial charge in [0.1, 0.15) is 0 Å². The third-order valence-corrected chi connectivity index (χ3v) is 3.76. The summed E-state index contributed by atoms with van der Waals surface area (Å²) in [5.41, 5.74) is 2.71. The van der Waals surface area contributed by atoms with Crippen molar-refractivity contribution < 1.29 is 8.42 Å². The van der Waals surface area contributed by atoms with Crippen molar-refractivity contribution in [3.63, 3.8) is 0 Å². The number of rotatable bonds is 5. The van der Waals surface area contributed by atoms with Crippen LogP contribution in [-0.4, -0.2) is 27.8 Å². The van der Waals surface area contributed by atoms with Crippen molar-refractivity contribution in [3.05, 3.63) is 29.3 Å². The molecular weight excluding hydrogens is 224 g/mol. The Hall–Kier alpha value is -1.07. The quantitative estimate of drug-likeness (QED) is 0.817. The molecule has 0 fully saturated rings. The molecule has 0 heterocycles. The van der Waals surface area contributed by atoms with Gasteiger partial charge >= 0.3 is 0 Å². The number of benzene rings is 1. The highest BCUT2D eigenvalue weighted by Gasteiger charge is 2.11. The minimum absolute atomic E-state index is 0.0802. The number of hydrogen-bond acceptors (Lipinski definition) is 3. The van der Waals surface area contributed by atoms with Crippen LogP contribution in [0.4, 0.5) is 5.69 Å². The van der Waals surface area contributed by atoms with Crippen LogP contribution >= 0.6 is 0 Å². The van der Waals surface area contributed by atoms with Gasteiger partial charge in [-0.05, 0) is 38.1 Å². The molecule has 0 aliphatic heterocycles. The zero-order valence-corrected chi connectivity index (χ0v) is 10.7. The lowest BCUT2D eigenvalue weighted by Gasteiger charge is -2.11. The summed E-state index contributed by atoms with van der Waals surface area (Å²) in [6.07, 6.45) is 0. The molecule has 0 radical (unpaired) electrons. The zero-order chi connectivity index (χ0) is 12.2. The Morgan fingerprint density at radius 2 is 1.94 bits per heavy atom. The van der Waals surface area contributed by atoms with E-state index in [0.29, 0.717) is 12.2 Å². The van der Waals surface area contributed by atoms with Crippen molar-refractivity contribution in [2.75, 3.05) is 24.1 Å². The number of aryl methyl sites for hydroxylation is 1. The van der Waals surface area contributed by atoms with Crippen molar-refractivity contribution in [3.8, 4) is 0 Å². The lowest BCUT2D eigenvalue weighted by atomic mass is 10.1. The van der Waals surface area contributed by atoms with Gasteiger partial charge in [-0.25, -0.2) is 8.42 Å². The maximum Gasteiger partial charge on any atom is 0.233 e. The normalized spacial score (nSPS) is 11.4. The van der Waals surface area contributed by atoms with Gasteiger partial charge in [0, 0.05) is 6.54 Å². The van der Waals surface area contributed by atoms with E-state index in [2.05, 4.69) is 10.0 Å². The van der Waals surface area contributed by atoms with Gasteiger partial charge < -0.3 is 5.32 Å². The highest BCUT2D eigenvalue weighted by Crippen LogP contribution is 2.19. The number of hydrogen-bond donors (Lipinski definition) is 2. The Morgan fingerprint density at radius 1 is 1.25 bits per heavy atom. The van der Waals surface area contributed by atoms with Crippen LogP contribution in [0.2, 0.25) is 0 Å². The second kappa shape index (κ2) is 5.32. The zero-order valence-electron chi connectivity index (χ0n) is 9.87. The van der Waals surface area contributed by atoms with Gasteiger partial charge in [0.05, 0.1) is 11.4 Å². The van der Waals surface area contributed by atoms with Crippen LogP contribution in [0.25, 0.3) is 0 Å². The monoisotopic (exact) mass is 242 g/mol. The van der Waals surface area contributed by atoms with Gasteiger partial charge in [-0.1, -0.05) is 12.1 Å². The van der Waals surface area contributed by atoms with Crippen molar-refractivity contribution in [1.29, 1.82) is 0 Å². The molecule has 1 aromatic rings. The summed E-state index contributed by atoms with van der Waals surface area (Å²) >= 11 is 0. The number of anilines is 1. The molecule has 0 atom stereocenters. The molecule has 0 saturated heterocycles. The van der Waals surface area contributed by atoms with Gasteiger partial charge in [0.15, 0.2) is 0 Å². The Labute approximate surface area is 97.1 Å². The van der Waals surface area contributed by atoms with Gasteiger partial charge in [-0.3, -0.25) is 4.72 Å². The first-order chi connectivity index (χ1) is 7.46. The van der Waals surface area contributed by atoms with Crippen LogP contribution in [0.15, 0.2) is 18.2 Å². The summed E-state index contributed by atoms with van der Waals surface area (Å²) in [6, 6.07) is 5.58. The molecule has 0 bridgehead atoms. The molecule has 16 heavy (non-hydrogen) atoms. The van der Waals surface area contributed by atoms with Crippen LogP contribution in [0, 0.1) is 13.8 Å². The minimum atomic E-state index is -3.25. The fraction of sp³-hybridized carbons (Fsp3) is 0.455. The van der Waals surface area contributed by atoms with E-state index in [9.17, 15) is 8.42 Å². The average molecular weight is 242 g/mol. The molecule has 0 aromatic heterocycles. The van der Waals surface area contributed by atoms with E-state index >= 15 is 0 Å². The van der Waals surface area contributed by atoms with Crippen LogP contribution in [-0.2, 0) is 10.0 Å². The second-order valence-electron chi connectivity index (χ2n) is 3.77. The smallest absolute Gasteiger partial charge is 0.233 e. The molecule has 1 aromatic carbocycles. The number of sulfonamides is 1. The largest absolute Gasteiger partial charge is 0.319 e. The Bertz CT molecular complexity index is 455. The van der Waals surface area contributed by atoms with E-state index in [1.54, 1.807) is 13.1 Å². The molecular formula is C11H18N2O2S. The SMILES string of the molecule is CNCCS(=O)(=O)Nc1cccc(C)c1C. The lowest BCUT2D eigenvalue weighted by molar-refractivity contribution is 0.598. The third-order valence-electron chi connectivity index (χ3n) is 2.49. The van der Waals surface area contributed by atoms with Crippen molar-refractivity contribution in [2.45, 2.75) is 13.8 Å². The van der Waals surface area contributed by atoms with E-state index in [1.807, 2.05) is 26.0 Å². The Morgan fingerprint density at radius 3 is 2.56 bits per heavy atom. The summed E-state index contributed by atoms with van der Waals surface area (Å²) in [6.45, 7) is 4.31. The molecule has 1 rings (SSSR count). The highest BCUT2D eigenvalue weighted by atomic mass is 32.2. The first kappa shape index (κ1) is 13.0. The van der Waals surface area contributed by atoms with E-state index in [-0.39, 0.29) is 5.75 Å². The predicted octanol–water partition coefficient (Wildman–Crippen LogP) is 1.26. The molecule has 0 spiro atoms. The molecule has 0 aliphatic carbocycles. The summed E-state index contributed by atoms with van der Waals surface area (Å²) in [5.74, 6) is 0.0802. The standard InChI is InChI=1S/C11H18N2O2S/c1-9-5-4-6-11(10(9)2)13-16(14,15)8-7-12-3/h4-6,12-13H,7-8H2,1-3H3. The summed E-state index contributed by atoms with van der Waals surface area (Å²) < 4.78 is 25.9. The molecule has 0 amide bonds. The van der Waals surface area contributed by atoms with E-state index in [4.69, 9.17) is 0 Å². The average Bonchev–Trinajstić information content (AvgIpc) is 2.22. The van der Waals surface area contributed by atoms with Crippen molar-refractivity contribution in [1.82, 2.24) is 5.32 Å². The second-order valence-corrected chi connectivity index (χ2v) is 5.61. The maximum absolute atomic E-state index is 11.7. The molecule has 2 N–H and O–H groups in total. The lowest BCUT2D eigenvalue weighted by Crippen LogP contribution is -2.24. The molecule has 4 nitrogen and oxygen atoms in total. The molecule has 0 saturated carbocycles. The molecule has 0 unspecified atom stereocenters. The first-order valence-corrected chi connectivity index (χ1v) is 6.83. The summed E-state index contributed by atoms with van der Waals surface area (Å²) in [4.78, 5) is 0. The number of nitrogens with one attached hydrogen (secondary N) is 2. The van der Waals surface area contributed by atoms with Crippen molar-refractivity contribution >= 4 is 15.7 Å². The maximum atomic E-state index is 11.7. The highest BCUT2D eigenvalue weighted by molar-refractivity contribution is 7.92. The first-order valence-electron chi connectivity index (χ1n) is 5.17. The van der Waals surface area contributed by atoms with Crippen LogP contribution in [0.1, 0.15) is 11.1 Å². The predicted molar refractivity (Wildman–Crippen MR) is 67.3 cm³/mol. The Balaban J connectivity index is 2.84. The minimum Gasteiger partial charge on any atom is -0.319 e. The Kier molecular flexibility index (Phi) is 4.32. The summed E-state index contributed by atoms with van der Waals surface area (Å²) in [7, 11) is -1.52. The fourth-order valence-electron chi connectivity index (χ4n) is 1.32. The van der Waals surface area contributed by atoms with E-state index < -0.39 is 10.0 Å². The van der Waals surface area contributed by atoms with Gasteiger partial charge in [-0.15, -0.1) is 0 Å². The van der Waals surface area contributed by atoms with E-state index in [0.717, 1.165) is 11.1 Å². The van der Waals surface area contributed by atoms with E-state index in [1.165, 1.54) is 0 Å². The van der Waals surface area contributed by atoms with Crippen LogP contribution in [0.3, 0.4) is 0 Å². The van der Waals surface area contributed by atoms with Crippen LogP contribution in [0.5, 0.6) is 0 Å². The topological polar surface area (TPSA) is 58.2 Å². The van der Waals surface area contributed by atoms with Gasteiger partial charge in [-0.2, -0.15) is 0 Å². The fourth-order valence-corrected chi connectivity index (χ4v) is 2.45. The van der Waals surface area contributed by atoms with Crippen molar-refractivity contribution in [2.24, 2.45) is 0 Å². The third kappa shape index (κ3) is 3.50. The van der Waals surface area contributed by atoms with Gasteiger partial charge in [0.2, 0.25) is 10.0 Å². The summed E-state index contributed by atoms with van der Waals surface area (Å²) in [5, 5.41) is 2.82. The molecule has 90 valence electrons. The van der Waals surface area contributed by atoms with Gasteiger partial charge in [0.25, 0.3) is 0 Å². The molecule has 5 heteroatoms.